The number of carbonyl (C=O) groups excluding carboxylic acids is 1. The Balaban J connectivity index is 1.88. The van der Waals surface area contributed by atoms with Crippen molar-refractivity contribution in [2.75, 3.05) is 16.8 Å². The van der Waals surface area contributed by atoms with E-state index >= 15 is 0 Å². The number of nitrogens with one attached hydrogen (secondary N) is 1. The average Bonchev–Trinajstić information content (AvgIpc) is 2.40. The molecule has 0 fully saturated rings. The van der Waals surface area contributed by atoms with Gasteiger partial charge in [0.15, 0.2) is 5.82 Å². The van der Waals surface area contributed by atoms with Crippen LogP contribution in [0.2, 0.25) is 0 Å². The largest absolute Gasteiger partial charge is 0.381 e. The first-order valence-electron chi connectivity index (χ1n) is 5.40. The van der Waals surface area contributed by atoms with Crippen molar-refractivity contribution in [1.29, 1.82) is 0 Å². The quantitative estimate of drug-likeness (QED) is 0.835. The summed E-state index contributed by atoms with van der Waals surface area (Å²) in [6.07, 6.45) is 2.99. The topological polar surface area (TPSA) is 80.9 Å². The van der Waals surface area contributed by atoms with Crippen molar-refractivity contribution in [2.45, 2.75) is 5.03 Å². The third-order valence-electron chi connectivity index (χ3n) is 2.16. The number of benzene rings is 1. The van der Waals surface area contributed by atoms with Crippen molar-refractivity contribution in [3.63, 3.8) is 0 Å². The molecule has 1 aromatic heterocycles. The van der Waals surface area contributed by atoms with Crippen molar-refractivity contribution >= 4 is 29.2 Å². The van der Waals surface area contributed by atoms with E-state index in [2.05, 4.69) is 15.3 Å². The van der Waals surface area contributed by atoms with Crippen LogP contribution in [0.1, 0.15) is 0 Å². The Morgan fingerprint density at radius 3 is 2.63 bits per heavy atom. The summed E-state index contributed by atoms with van der Waals surface area (Å²) >= 11 is 1.19. The Morgan fingerprint density at radius 2 is 1.95 bits per heavy atom. The summed E-state index contributed by atoms with van der Waals surface area (Å²) in [5.74, 6) is -0.122. The van der Waals surface area contributed by atoms with E-state index in [1.165, 1.54) is 48.4 Å². The SMILES string of the molecule is Nc1nccnc1SCC(=O)Nc1ccc(F)cc1. The second kappa shape index (κ2) is 6.14. The number of hydrogen-bond donors (Lipinski definition) is 2. The van der Waals surface area contributed by atoms with Crippen molar-refractivity contribution in [3.8, 4) is 0 Å². The maximum Gasteiger partial charge on any atom is 0.234 e. The molecular weight excluding hydrogens is 267 g/mol. The van der Waals surface area contributed by atoms with E-state index in [0.29, 0.717) is 16.5 Å². The predicted octanol–water partition coefficient (Wildman–Crippen LogP) is 1.93. The van der Waals surface area contributed by atoms with Gasteiger partial charge in [-0.25, -0.2) is 14.4 Å². The molecule has 0 unspecified atom stereocenters. The number of nitrogen functional groups attached to an aromatic ring is 1. The van der Waals surface area contributed by atoms with Gasteiger partial charge >= 0.3 is 0 Å². The van der Waals surface area contributed by atoms with Crippen molar-refractivity contribution in [1.82, 2.24) is 9.97 Å². The number of halogens is 1. The zero-order valence-electron chi connectivity index (χ0n) is 9.84. The second-order valence-electron chi connectivity index (χ2n) is 3.59. The molecule has 1 aromatic carbocycles. The summed E-state index contributed by atoms with van der Waals surface area (Å²) in [6.45, 7) is 0. The molecule has 1 heterocycles. The number of nitrogens with zero attached hydrogens (tertiary/aromatic N) is 2. The molecule has 98 valence electrons. The van der Waals surface area contributed by atoms with E-state index in [0.717, 1.165) is 0 Å². The highest BCUT2D eigenvalue weighted by Gasteiger charge is 2.07. The molecule has 0 atom stereocenters. The van der Waals surface area contributed by atoms with Gasteiger partial charge in [-0.2, -0.15) is 0 Å². The van der Waals surface area contributed by atoms with Gasteiger partial charge in [0.25, 0.3) is 0 Å². The lowest BCUT2D eigenvalue weighted by Crippen LogP contribution is -2.14. The fourth-order valence-electron chi connectivity index (χ4n) is 1.31. The molecule has 3 N–H and O–H groups in total. The molecule has 0 bridgehead atoms. The first-order chi connectivity index (χ1) is 9.15. The maximum atomic E-state index is 12.7. The van der Waals surface area contributed by atoms with Gasteiger partial charge in [-0.3, -0.25) is 4.79 Å². The number of hydrogen-bond acceptors (Lipinski definition) is 5. The van der Waals surface area contributed by atoms with Gasteiger partial charge < -0.3 is 11.1 Å². The van der Waals surface area contributed by atoms with Crippen LogP contribution in [0.4, 0.5) is 15.9 Å². The standard InChI is InChI=1S/C12H11FN4OS/c13-8-1-3-9(4-2-8)17-10(18)7-19-12-11(14)15-5-6-16-12/h1-6H,7H2,(H2,14,15)(H,17,18). The van der Waals surface area contributed by atoms with Gasteiger partial charge in [-0.05, 0) is 24.3 Å². The third kappa shape index (κ3) is 3.92. The van der Waals surface area contributed by atoms with Crippen LogP contribution in [0.25, 0.3) is 0 Å². The summed E-state index contributed by atoms with van der Waals surface area (Å²) in [4.78, 5) is 19.6. The number of aromatic nitrogens is 2. The number of nitrogens with two attached hydrogens (primary N) is 1. The van der Waals surface area contributed by atoms with Crippen molar-refractivity contribution < 1.29 is 9.18 Å². The van der Waals surface area contributed by atoms with Crippen LogP contribution >= 0.6 is 11.8 Å². The normalized spacial score (nSPS) is 10.2. The number of amides is 1. The van der Waals surface area contributed by atoms with Crippen LogP contribution < -0.4 is 11.1 Å². The van der Waals surface area contributed by atoms with Crippen molar-refractivity contribution in [3.05, 3.63) is 42.5 Å². The number of anilines is 2. The molecule has 0 aliphatic carbocycles. The molecule has 0 saturated heterocycles. The minimum absolute atomic E-state index is 0.153. The average molecular weight is 278 g/mol. The van der Waals surface area contributed by atoms with Gasteiger partial charge in [0, 0.05) is 18.1 Å². The third-order valence-corrected chi connectivity index (χ3v) is 3.15. The van der Waals surface area contributed by atoms with Crippen LogP contribution in [0.3, 0.4) is 0 Å². The molecule has 0 radical (unpaired) electrons. The molecule has 7 heteroatoms. The maximum absolute atomic E-state index is 12.7. The van der Waals surface area contributed by atoms with E-state index in [1.807, 2.05) is 0 Å². The molecule has 0 spiro atoms. The highest BCUT2D eigenvalue weighted by molar-refractivity contribution is 8.00. The molecule has 5 nitrogen and oxygen atoms in total. The molecular formula is C12H11FN4OS. The van der Waals surface area contributed by atoms with Gasteiger partial charge in [-0.1, -0.05) is 11.8 Å². The fourth-order valence-corrected chi connectivity index (χ4v) is 1.99. The lowest BCUT2D eigenvalue weighted by atomic mass is 10.3. The Bertz CT molecular complexity index is 576. The summed E-state index contributed by atoms with van der Waals surface area (Å²) in [5, 5.41) is 3.15. The van der Waals surface area contributed by atoms with E-state index in [9.17, 15) is 9.18 Å². The molecule has 0 saturated carbocycles. The Hall–Kier alpha value is -2.15. The van der Waals surface area contributed by atoms with Gasteiger partial charge in [-0.15, -0.1) is 0 Å². The fraction of sp³-hybridized carbons (Fsp3) is 0.0833. The molecule has 2 rings (SSSR count). The van der Waals surface area contributed by atoms with Crippen LogP contribution in [-0.2, 0) is 4.79 Å². The van der Waals surface area contributed by atoms with Crippen LogP contribution in [0.5, 0.6) is 0 Å². The molecule has 1 amide bonds. The highest BCUT2D eigenvalue weighted by Crippen LogP contribution is 2.19. The minimum Gasteiger partial charge on any atom is -0.381 e. The van der Waals surface area contributed by atoms with Gasteiger partial charge in [0.2, 0.25) is 5.91 Å². The summed E-state index contributed by atoms with van der Waals surface area (Å²) in [6, 6.07) is 5.55. The smallest absolute Gasteiger partial charge is 0.234 e. The summed E-state index contributed by atoms with van der Waals surface area (Å²) < 4.78 is 12.7. The van der Waals surface area contributed by atoms with Gasteiger partial charge in [0.1, 0.15) is 10.8 Å². The molecule has 0 aliphatic rings. The zero-order valence-corrected chi connectivity index (χ0v) is 10.7. The predicted molar refractivity (Wildman–Crippen MR) is 72.2 cm³/mol. The van der Waals surface area contributed by atoms with E-state index in [-0.39, 0.29) is 17.5 Å². The first kappa shape index (κ1) is 13.3. The minimum atomic E-state index is -0.347. The number of carbonyl (C=O) groups is 1. The van der Waals surface area contributed by atoms with Crippen molar-refractivity contribution in [2.24, 2.45) is 0 Å². The van der Waals surface area contributed by atoms with Gasteiger partial charge in [0.05, 0.1) is 5.75 Å². The highest BCUT2D eigenvalue weighted by atomic mass is 32.2. The van der Waals surface area contributed by atoms with Crippen LogP contribution in [0.15, 0.2) is 41.7 Å². The molecule has 0 aliphatic heterocycles. The van der Waals surface area contributed by atoms with E-state index < -0.39 is 0 Å². The Labute approximate surface area is 113 Å². The van der Waals surface area contributed by atoms with Crippen LogP contribution in [0, 0.1) is 5.82 Å². The Kier molecular flexibility index (Phi) is 4.30. The Morgan fingerprint density at radius 1 is 1.26 bits per heavy atom. The zero-order chi connectivity index (χ0) is 13.7. The monoisotopic (exact) mass is 278 g/mol. The molecule has 2 aromatic rings. The van der Waals surface area contributed by atoms with E-state index in [4.69, 9.17) is 5.73 Å². The first-order valence-corrected chi connectivity index (χ1v) is 6.38. The lowest BCUT2D eigenvalue weighted by molar-refractivity contribution is -0.113. The number of rotatable bonds is 4. The second-order valence-corrected chi connectivity index (χ2v) is 4.55. The lowest BCUT2D eigenvalue weighted by Gasteiger charge is -2.05. The van der Waals surface area contributed by atoms with Crippen LogP contribution in [-0.4, -0.2) is 21.6 Å². The summed E-state index contributed by atoms with van der Waals surface area (Å²) in [7, 11) is 0. The molecule has 19 heavy (non-hydrogen) atoms. The summed E-state index contributed by atoms with van der Waals surface area (Å²) in [5.41, 5.74) is 6.15. The number of thioether (sulfide) groups is 1. The van der Waals surface area contributed by atoms with E-state index in [1.54, 1.807) is 0 Å².